The Morgan fingerprint density at radius 2 is 2.31 bits per heavy atom. The molecular formula is C17H24N5O3S+. The molecule has 1 aliphatic rings. The Bertz CT molecular complexity index is 920. The SMILES string of the molecule is CC1(C)Cc2c(sc3ncn4nc(C[NH2+]CCOCCO)nc4c23)CO1. The Balaban J connectivity index is 1.58. The van der Waals surface area contributed by atoms with Gasteiger partial charge in [-0.05, 0) is 19.4 Å². The van der Waals surface area contributed by atoms with Crippen LogP contribution in [0.25, 0.3) is 15.9 Å². The van der Waals surface area contributed by atoms with Crippen LogP contribution in [0.3, 0.4) is 0 Å². The van der Waals surface area contributed by atoms with Gasteiger partial charge in [-0.1, -0.05) is 0 Å². The van der Waals surface area contributed by atoms with E-state index < -0.39 is 0 Å². The summed E-state index contributed by atoms with van der Waals surface area (Å²) in [4.78, 5) is 11.6. The zero-order valence-corrected chi connectivity index (χ0v) is 15.9. The van der Waals surface area contributed by atoms with Gasteiger partial charge in [0.15, 0.2) is 5.65 Å². The number of aliphatic hydroxyl groups excluding tert-OH is 1. The molecule has 0 aliphatic carbocycles. The lowest BCUT2D eigenvalue weighted by molar-refractivity contribution is -0.673. The van der Waals surface area contributed by atoms with E-state index in [1.54, 1.807) is 22.2 Å². The van der Waals surface area contributed by atoms with Crippen LogP contribution in [0.1, 0.15) is 30.1 Å². The van der Waals surface area contributed by atoms with Gasteiger partial charge in [0.25, 0.3) is 0 Å². The maximum atomic E-state index is 8.70. The molecule has 0 saturated carbocycles. The van der Waals surface area contributed by atoms with Crippen molar-refractivity contribution in [2.24, 2.45) is 0 Å². The van der Waals surface area contributed by atoms with Crippen LogP contribution in [0.15, 0.2) is 6.33 Å². The lowest BCUT2D eigenvalue weighted by Crippen LogP contribution is -2.83. The van der Waals surface area contributed by atoms with E-state index >= 15 is 0 Å². The maximum Gasteiger partial charge on any atom is 0.206 e. The summed E-state index contributed by atoms with van der Waals surface area (Å²) in [6, 6.07) is 0. The van der Waals surface area contributed by atoms with Crippen LogP contribution in [0.5, 0.6) is 0 Å². The highest BCUT2D eigenvalue weighted by molar-refractivity contribution is 7.19. The molecule has 0 unspecified atom stereocenters. The Kier molecular flexibility index (Phi) is 4.89. The van der Waals surface area contributed by atoms with Crippen LogP contribution in [0.4, 0.5) is 0 Å². The third-order valence-corrected chi connectivity index (χ3v) is 5.59. The van der Waals surface area contributed by atoms with Crippen LogP contribution < -0.4 is 5.32 Å². The summed E-state index contributed by atoms with van der Waals surface area (Å²) in [7, 11) is 0. The fourth-order valence-electron chi connectivity index (χ4n) is 3.24. The van der Waals surface area contributed by atoms with Gasteiger partial charge in [-0.25, -0.2) is 14.5 Å². The minimum atomic E-state index is -0.168. The summed E-state index contributed by atoms with van der Waals surface area (Å²) in [6.45, 7) is 7.42. The number of hydrogen-bond acceptors (Lipinski definition) is 7. The molecular weight excluding hydrogens is 354 g/mol. The summed E-state index contributed by atoms with van der Waals surface area (Å²) in [5.74, 6) is 0.785. The number of fused-ring (bicyclic) bond motifs is 5. The number of nitrogens with zero attached hydrogens (tertiary/aromatic N) is 4. The van der Waals surface area contributed by atoms with Gasteiger partial charge in [0, 0.05) is 11.3 Å². The van der Waals surface area contributed by atoms with Gasteiger partial charge in [0.05, 0.1) is 44.0 Å². The second-order valence-electron chi connectivity index (χ2n) is 7.07. The zero-order valence-electron chi connectivity index (χ0n) is 15.1. The van der Waals surface area contributed by atoms with Gasteiger partial charge in [0.2, 0.25) is 5.82 Å². The number of ether oxygens (including phenoxy) is 2. The molecule has 0 atom stereocenters. The number of rotatable bonds is 7. The molecule has 0 saturated heterocycles. The molecule has 4 rings (SSSR count). The third-order valence-electron chi connectivity index (χ3n) is 4.48. The van der Waals surface area contributed by atoms with Crippen molar-refractivity contribution in [1.82, 2.24) is 19.6 Å². The van der Waals surface area contributed by atoms with E-state index in [2.05, 4.69) is 29.2 Å². The molecule has 26 heavy (non-hydrogen) atoms. The summed E-state index contributed by atoms with van der Waals surface area (Å²) in [6.07, 6.45) is 2.60. The van der Waals surface area contributed by atoms with Gasteiger partial charge in [0.1, 0.15) is 17.7 Å². The molecule has 0 radical (unpaired) electrons. The number of aliphatic hydroxyl groups is 1. The molecule has 0 spiro atoms. The Labute approximate surface area is 155 Å². The summed E-state index contributed by atoms with van der Waals surface area (Å²) in [5, 5.41) is 16.5. The van der Waals surface area contributed by atoms with Gasteiger partial charge >= 0.3 is 0 Å². The first-order chi connectivity index (χ1) is 12.6. The quantitative estimate of drug-likeness (QED) is 0.573. The highest BCUT2D eigenvalue weighted by Gasteiger charge is 2.30. The van der Waals surface area contributed by atoms with E-state index in [0.717, 1.165) is 34.7 Å². The van der Waals surface area contributed by atoms with Crippen molar-refractivity contribution in [2.75, 3.05) is 26.4 Å². The molecule has 8 nitrogen and oxygen atoms in total. The largest absolute Gasteiger partial charge is 0.394 e. The van der Waals surface area contributed by atoms with Crippen molar-refractivity contribution >= 4 is 27.2 Å². The molecule has 1 aliphatic heterocycles. The average molecular weight is 378 g/mol. The molecule has 9 heteroatoms. The van der Waals surface area contributed by atoms with E-state index in [1.165, 1.54) is 10.4 Å². The zero-order chi connectivity index (χ0) is 18.1. The smallest absolute Gasteiger partial charge is 0.206 e. The molecule has 3 N–H and O–H groups in total. The molecule has 0 aromatic carbocycles. The topological polar surface area (TPSA) is 98.4 Å². The van der Waals surface area contributed by atoms with Crippen molar-refractivity contribution in [3.63, 3.8) is 0 Å². The van der Waals surface area contributed by atoms with E-state index in [9.17, 15) is 0 Å². The lowest BCUT2D eigenvalue weighted by Gasteiger charge is -2.30. The lowest BCUT2D eigenvalue weighted by atomic mass is 9.94. The summed E-state index contributed by atoms with van der Waals surface area (Å²) in [5.41, 5.74) is 2.02. The van der Waals surface area contributed by atoms with Crippen molar-refractivity contribution in [1.29, 1.82) is 0 Å². The molecule has 3 aromatic rings. The molecule has 0 amide bonds. The summed E-state index contributed by atoms with van der Waals surface area (Å²) < 4.78 is 13.0. The van der Waals surface area contributed by atoms with Crippen molar-refractivity contribution < 1.29 is 19.9 Å². The van der Waals surface area contributed by atoms with Crippen molar-refractivity contribution in [2.45, 2.75) is 39.0 Å². The van der Waals surface area contributed by atoms with Crippen LogP contribution in [0.2, 0.25) is 0 Å². The maximum absolute atomic E-state index is 8.70. The molecule has 140 valence electrons. The third kappa shape index (κ3) is 3.45. The van der Waals surface area contributed by atoms with E-state index in [1.807, 2.05) is 0 Å². The van der Waals surface area contributed by atoms with E-state index in [0.29, 0.717) is 26.4 Å². The minimum Gasteiger partial charge on any atom is -0.394 e. The Morgan fingerprint density at radius 3 is 3.15 bits per heavy atom. The minimum absolute atomic E-state index is 0.0593. The van der Waals surface area contributed by atoms with E-state index in [-0.39, 0.29) is 12.2 Å². The Hall–Kier alpha value is -1.65. The predicted octanol–water partition coefficient (Wildman–Crippen LogP) is 0.263. The van der Waals surface area contributed by atoms with Gasteiger partial charge in [-0.3, -0.25) is 0 Å². The number of nitrogens with two attached hydrogens (primary N) is 1. The molecule has 4 heterocycles. The second-order valence-corrected chi connectivity index (χ2v) is 8.15. The van der Waals surface area contributed by atoms with Crippen LogP contribution in [-0.4, -0.2) is 56.7 Å². The standard InChI is InChI=1S/C17H23N5O3S/c1-17(2)7-11-12(9-25-17)26-16-14(11)15-20-13(21-22(15)10-19-16)8-18-3-5-24-6-4-23/h10,18,23H,3-9H2,1-2H3/p+1. The number of thiophene rings is 1. The highest BCUT2D eigenvalue weighted by atomic mass is 32.1. The number of aromatic nitrogens is 4. The first kappa shape index (κ1) is 17.7. The Morgan fingerprint density at radius 1 is 1.42 bits per heavy atom. The predicted molar refractivity (Wildman–Crippen MR) is 97.1 cm³/mol. The first-order valence-electron chi connectivity index (χ1n) is 8.86. The number of quaternary nitrogens is 1. The number of hydrogen-bond donors (Lipinski definition) is 2. The fourth-order valence-corrected chi connectivity index (χ4v) is 4.30. The van der Waals surface area contributed by atoms with Crippen LogP contribution in [-0.2, 0) is 29.0 Å². The first-order valence-corrected chi connectivity index (χ1v) is 9.68. The second kappa shape index (κ2) is 7.16. The van der Waals surface area contributed by atoms with Crippen molar-refractivity contribution in [3.8, 4) is 0 Å². The van der Waals surface area contributed by atoms with Gasteiger partial charge in [-0.2, -0.15) is 0 Å². The fraction of sp³-hybridized carbons (Fsp3) is 0.588. The normalized spacial score (nSPS) is 16.4. The van der Waals surface area contributed by atoms with E-state index in [4.69, 9.17) is 19.6 Å². The van der Waals surface area contributed by atoms with Crippen LogP contribution >= 0.6 is 11.3 Å². The van der Waals surface area contributed by atoms with Gasteiger partial charge < -0.3 is 19.9 Å². The molecule has 0 bridgehead atoms. The summed E-state index contributed by atoms with van der Waals surface area (Å²) >= 11 is 1.69. The van der Waals surface area contributed by atoms with Gasteiger partial charge in [-0.15, -0.1) is 16.4 Å². The average Bonchev–Trinajstić information content (AvgIpc) is 3.17. The highest BCUT2D eigenvalue weighted by Crippen LogP contribution is 2.39. The van der Waals surface area contributed by atoms with Crippen LogP contribution in [0, 0.1) is 0 Å². The monoisotopic (exact) mass is 378 g/mol. The van der Waals surface area contributed by atoms with Crippen molar-refractivity contribution in [3.05, 3.63) is 22.6 Å². The molecule has 0 fully saturated rings. The molecule has 3 aromatic heterocycles.